The first-order chi connectivity index (χ1) is 7.54. The van der Waals surface area contributed by atoms with Crippen LogP contribution in [0.15, 0.2) is 24.3 Å². The molecule has 0 aromatic heterocycles. The third kappa shape index (κ3) is 3.13. The summed E-state index contributed by atoms with van der Waals surface area (Å²) in [6, 6.07) is 6.00. The normalized spacial score (nSPS) is 12.1. The van der Waals surface area contributed by atoms with Crippen LogP contribution in [0.3, 0.4) is 0 Å². The van der Waals surface area contributed by atoms with Crippen molar-refractivity contribution >= 4 is 6.09 Å². The maximum absolute atomic E-state index is 10.6. The van der Waals surface area contributed by atoms with E-state index in [1.165, 1.54) is 12.1 Å². The minimum atomic E-state index is -1.36. The third-order valence-corrected chi connectivity index (χ3v) is 2.42. The minimum Gasteiger partial charge on any atom is -0.508 e. The van der Waals surface area contributed by atoms with E-state index in [0.717, 1.165) is 5.56 Å². The van der Waals surface area contributed by atoms with Crippen LogP contribution in [0.2, 0.25) is 0 Å². The molecule has 0 aliphatic rings. The Kier molecular flexibility index (Phi) is 4.13. The number of benzene rings is 1. The van der Waals surface area contributed by atoms with E-state index in [4.69, 9.17) is 10.2 Å². The van der Waals surface area contributed by atoms with Crippen molar-refractivity contribution in [3.8, 4) is 5.75 Å². The molecule has 1 unspecified atom stereocenters. The highest BCUT2D eigenvalue weighted by Gasteiger charge is 2.19. The van der Waals surface area contributed by atoms with Gasteiger partial charge in [-0.1, -0.05) is 19.1 Å². The van der Waals surface area contributed by atoms with Gasteiger partial charge in [-0.25, -0.2) is 4.79 Å². The molecular weight excluding hydrogens is 210 g/mol. The van der Waals surface area contributed by atoms with Crippen molar-refractivity contribution in [2.45, 2.75) is 25.8 Å². The zero-order chi connectivity index (χ0) is 12.1. The quantitative estimate of drug-likeness (QED) is 0.541. The summed E-state index contributed by atoms with van der Waals surface area (Å²) < 4.78 is 0. The average Bonchev–Trinajstić information content (AvgIpc) is 2.27. The number of amides is 1. The van der Waals surface area contributed by atoms with E-state index in [0.29, 0.717) is 17.9 Å². The van der Waals surface area contributed by atoms with Crippen molar-refractivity contribution in [1.29, 1.82) is 0 Å². The second-order valence-corrected chi connectivity index (χ2v) is 3.56. The molecule has 16 heavy (non-hydrogen) atoms. The van der Waals surface area contributed by atoms with E-state index < -0.39 is 12.1 Å². The fourth-order valence-corrected chi connectivity index (χ4v) is 1.46. The molecule has 0 aliphatic carbocycles. The van der Waals surface area contributed by atoms with Crippen LogP contribution in [0.1, 0.15) is 18.9 Å². The molecule has 5 heteroatoms. The topological polar surface area (TPSA) is 81.0 Å². The summed E-state index contributed by atoms with van der Waals surface area (Å²) in [4.78, 5) is 10.6. The first kappa shape index (κ1) is 12.3. The Balaban J connectivity index is 2.70. The fraction of sp³-hybridized carbons (Fsp3) is 0.364. The van der Waals surface area contributed by atoms with Crippen LogP contribution in [-0.2, 0) is 6.42 Å². The molecule has 5 nitrogen and oxygen atoms in total. The monoisotopic (exact) mass is 225 g/mol. The highest BCUT2D eigenvalue weighted by Crippen LogP contribution is 2.14. The van der Waals surface area contributed by atoms with Crippen molar-refractivity contribution in [2.24, 2.45) is 0 Å². The van der Waals surface area contributed by atoms with Gasteiger partial charge in [0.25, 0.3) is 0 Å². The Bertz CT molecular complexity index is 350. The molecule has 0 aliphatic heterocycles. The number of phenolic OH excluding ortho intramolecular Hbond substituents is 1. The van der Waals surface area contributed by atoms with Gasteiger partial charge in [0, 0.05) is 0 Å². The molecule has 0 heterocycles. The molecule has 0 fully saturated rings. The maximum Gasteiger partial charge on any atom is 0.431 e. The highest BCUT2D eigenvalue weighted by atomic mass is 16.6. The molecule has 1 aromatic carbocycles. The van der Waals surface area contributed by atoms with E-state index in [2.05, 4.69) is 0 Å². The van der Waals surface area contributed by atoms with Crippen LogP contribution >= 0.6 is 0 Å². The summed E-state index contributed by atoms with van der Waals surface area (Å²) in [5.74, 6) is 0.163. The van der Waals surface area contributed by atoms with Crippen LogP contribution in [-0.4, -0.2) is 32.6 Å². The largest absolute Gasteiger partial charge is 0.508 e. The second kappa shape index (κ2) is 5.37. The lowest BCUT2D eigenvalue weighted by Gasteiger charge is -2.22. The van der Waals surface area contributed by atoms with Crippen molar-refractivity contribution in [2.75, 3.05) is 0 Å². The SMILES string of the molecule is CCC(Cc1ccc(O)cc1)N(O)C(=O)O. The molecule has 3 N–H and O–H groups in total. The fourth-order valence-electron chi connectivity index (χ4n) is 1.46. The van der Waals surface area contributed by atoms with E-state index in [-0.39, 0.29) is 5.75 Å². The lowest BCUT2D eigenvalue weighted by Crippen LogP contribution is -2.37. The van der Waals surface area contributed by atoms with Crippen molar-refractivity contribution < 1.29 is 20.2 Å². The summed E-state index contributed by atoms with van der Waals surface area (Å²) in [7, 11) is 0. The summed E-state index contributed by atoms with van der Waals surface area (Å²) in [6.07, 6.45) is -0.422. The van der Waals surface area contributed by atoms with E-state index >= 15 is 0 Å². The van der Waals surface area contributed by atoms with Gasteiger partial charge >= 0.3 is 6.09 Å². The van der Waals surface area contributed by atoms with Gasteiger partial charge < -0.3 is 10.2 Å². The third-order valence-electron chi connectivity index (χ3n) is 2.42. The summed E-state index contributed by atoms with van der Waals surface area (Å²) >= 11 is 0. The van der Waals surface area contributed by atoms with E-state index in [1.807, 2.05) is 0 Å². The van der Waals surface area contributed by atoms with Gasteiger partial charge in [-0.15, -0.1) is 0 Å². The lowest BCUT2D eigenvalue weighted by molar-refractivity contribution is -0.0967. The van der Waals surface area contributed by atoms with Gasteiger partial charge in [-0.2, -0.15) is 5.06 Å². The number of carboxylic acid groups (broad SMARTS) is 1. The maximum atomic E-state index is 10.6. The van der Waals surface area contributed by atoms with E-state index in [9.17, 15) is 10.0 Å². The predicted octanol–water partition coefficient (Wildman–Crippen LogP) is 2.08. The van der Waals surface area contributed by atoms with Gasteiger partial charge in [-0.3, -0.25) is 5.21 Å². The summed E-state index contributed by atoms with van der Waals surface area (Å²) in [6.45, 7) is 1.80. The number of hydroxylamine groups is 2. The summed E-state index contributed by atoms with van der Waals surface area (Å²) in [5.41, 5.74) is 0.866. The Hall–Kier alpha value is -1.75. The molecule has 1 amide bonds. The molecule has 0 saturated carbocycles. The zero-order valence-electron chi connectivity index (χ0n) is 9.00. The number of phenols is 1. The first-order valence-electron chi connectivity index (χ1n) is 5.03. The van der Waals surface area contributed by atoms with Gasteiger partial charge in [0.05, 0.1) is 6.04 Å². The Morgan fingerprint density at radius 2 is 1.94 bits per heavy atom. The Morgan fingerprint density at radius 1 is 1.38 bits per heavy atom. The number of nitrogens with zero attached hydrogens (tertiary/aromatic N) is 1. The molecule has 0 spiro atoms. The lowest BCUT2D eigenvalue weighted by atomic mass is 10.0. The molecule has 88 valence electrons. The summed E-state index contributed by atoms with van der Waals surface area (Å²) in [5, 5.41) is 27.3. The molecule has 0 radical (unpaired) electrons. The number of hydrogen-bond donors (Lipinski definition) is 3. The Labute approximate surface area is 93.5 Å². The second-order valence-electron chi connectivity index (χ2n) is 3.56. The van der Waals surface area contributed by atoms with E-state index in [1.54, 1.807) is 19.1 Å². The highest BCUT2D eigenvalue weighted by molar-refractivity contribution is 5.63. The average molecular weight is 225 g/mol. The van der Waals surface area contributed by atoms with Crippen LogP contribution in [0, 0.1) is 0 Å². The predicted molar refractivity (Wildman–Crippen MR) is 57.5 cm³/mol. The number of carbonyl (C=O) groups is 1. The number of hydrogen-bond acceptors (Lipinski definition) is 3. The van der Waals surface area contributed by atoms with Crippen LogP contribution in [0.4, 0.5) is 4.79 Å². The standard InChI is InChI=1S/C11H15NO4/c1-2-9(12(16)11(14)15)7-8-3-5-10(13)6-4-8/h3-6,9,13,16H,2,7H2,1H3,(H,14,15). The van der Waals surface area contributed by atoms with Gasteiger partial charge in [-0.05, 0) is 30.5 Å². The van der Waals surface area contributed by atoms with Gasteiger partial charge in [0.2, 0.25) is 0 Å². The van der Waals surface area contributed by atoms with Crippen LogP contribution < -0.4 is 0 Å². The number of rotatable bonds is 4. The molecule has 0 bridgehead atoms. The molecule has 1 aromatic rings. The smallest absolute Gasteiger partial charge is 0.431 e. The Morgan fingerprint density at radius 3 is 2.38 bits per heavy atom. The van der Waals surface area contributed by atoms with Gasteiger partial charge in [0.15, 0.2) is 0 Å². The van der Waals surface area contributed by atoms with Crippen LogP contribution in [0.5, 0.6) is 5.75 Å². The first-order valence-corrected chi connectivity index (χ1v) is 5.03. The minimum absolute atomic E-state index is 0.163. The molecular formula is C11H15NO4. The molecule has 0 saturated heterocycles. The van der Waals surface area contributed by atoms with Crippen molar-refractivity contribution in [3.05, 3.63) is 29.8 Å². The molecule has 1 atom stereocenters. The van der Waals surface area contributed by atoms with Crippen LogP contribution in [0.25, 0.3) is 0 Å². The van der Waals surface area contributed by atoms with Crippen molar-refractivity contribution in [3.63, 3.8) is 0 Å². The van der Waals surface area contributed by atoms with Crippen molar-refractivity contribution in [1.82, 2.24) is 5.06 Å². The number of aromatic hydroxyl groups is 1. The molecule has 1 rings (SSSR count). The van der Waals surface area contributed by atoms with Gasteiger partial charge in [0.1, 0.15) is 5.75 Å². The zero-order valence-corrected chi connectivity index (χ0v) is 9.00.